The lowest BCUT2D eigenvalue weighted by molar-refractivity contribution is -0.126. The van der Waals surface area contributed by atoms with Crippen LogP contribution in [0, 0.1) is 18.7 Å². The van der Waals surface area contributed by atoms with Gasteiger partial charge in [-0.1, -0.05) is 29.8 Å². The van der Waals surface area contributed by atoms with Crippen LogP contribution in [0.1, 0.15) is 40.2 Å². The van der Waals surface area contributed by atoms with Crippen molar-refractivity contribution in [1.29, 1.82) is 0 Å². The third-order valence-corrected chi connectivity index (χ3v) is 7.44. The number of rotatable bonds is 7. The molecule has 0 bridgehead atoms. The highest BCUT2D eigenvalue weighted by molar-refractivity contribution is 6.31. The molecule has 198 valence electrons. The molecule has 1 fully saturated rings. The van der Waals surface area contributed by atoms with E-state index < -0.39 is 5.82 Å². The second-order valence-corrected chi connectivity index (χ2v) is 9.96. The van der Waals surface area contributed by atoms with Crippen molar-refractivity contribution in [2.24, 2.45) is 5.92 Å². The van der Waals surface area contributed by atoms with Gasteiger partial charge in [0.2, 0.25) is 5.91 Å². The molecular formula is C29H29ClFN3O4. The summed E-state index contributed by atoms with van der Waals surface area (Å²) >= 11 is 6.29. The van der Waals surface area contributed by atoms with Gasteiger partial charge in [0.1, 0.15) is 23.0 Å². The van der Waals surface area contributed by atoms with Crippen LogP contribution in [0.2, 0.25) is 5.02 Å². The molecule has 2 aromatic heterocycles. The fourth-order valence-electron chi connectivity index (χ4n) is 4.94. The highest BCUT2D eigenvalue weighted by Crippen LogP contribution is 2.29. The highest BCUT2D eigenvalue weighted by Gasteiger charge is 2.30. The Morgan fingerprint density at radius 2 is 1.87 bits per heavy atom. The summed E-state index contributed by atoms with van der Waals surface area (Å²) in [5.41, 5.74) is 2.97. The third-order valence-electron chi connectivity index (χ3n) is 7.09. The Bertz CT molecular complexity index is 1450. The number of piperidine rings is 1. The van der Waals surface area contributed by atoms with Crippen LogP contribution in [0.3, 0.4) is 0 Å². The van der Waals surface area contributed by atoms with E-state index in [1.165, 1.54) is 6.07 Å². The maximum Gasteiger partial charge on any atom is 0.270 e. The molecule has 0 saturated carbocycles. The Labute approximate surface area is 225 Å². The minimum Gasteiger partial charge on any atom is -0.497 e. The Balaban J connectivity index is 1.26. The molecule has 9 heteroatoms. The van der Waals surface area contributed by atoms with Gasteiger partial charge >= 0.3 is 0 Å². The zero-order valence-corrected chi connectivity index (χ0v) is 22.1. The first-order valence-electron chi connectivity index (χ1n) is 12.6. The summed E-state index contributed by atoms with van der Waals surface area (Å²) < 4.78 is 27.3. The Morgan fingerprint density at radius 3 is 2.55 bits per heavy atom. The molecule has 1 aliphatic rings. The lowest BCUT2D eigenvalue weighted by Crippen LogP contribution is -2.43. The van der Waals surface area contributed by atoms with Crippen LogP contribution < -0.4 is 10.1 Å². The normalized spacial score (nSPS) is 14.2. The predicted octanol–water partition coefficient (Wildman–Crippen LogP) is 5.56. The van der Waals surface area contributed by atoms with Crippen LogP contribution in [-0.4, -0.2) is 41.5 Å². The second kappa shape index (κ2) is 10.9. The quantitative estimate of drug-likeness (QED) is 0.335. The van der Waals surface area contributed by atoms with Crippen LogP contribution in [0.25, 0.3) is 11.1 Å². The number of halogens is 2. The second-order valence-electron chi connectivity index (χ2n) is 9.55. The fraction of sp³-hybridized carbons (Fsp3) is 0.310. The maximum absolute atomic E-state index is 14.6. The number of amides is 2. The lowest BCUT2D eigenvalue weighted by atomic mass is 9.95. The van der Waals surface area contributed by atoms with Crippen LogP contribution in [0.4, 0.5) is 4.39 Å². The summed E-state index contributed by atoms with van der Waals surface area (Å²) in [6.07, 6.45) is 1.13. The zero-order valence-electron chi connectivity index (χ0n) is 21.3. The van der Waals surface area contributed by atoms with Gasteiger partial charge in [0.15, 0.2) is 5.58 Å². The number of hydrogen-bond acceptors (Lipinski definition) is 4. The van der Waals surface area contributed by atoms with Crippen molar-refractivity contribution in [3.05, 3.63) is 88.0 Å². The molecule has 1 N–H and O–H groups in total. The molecule has 38 heavy (non-hydrogen) atoms. The molecule has 0 radical (unpaired) electrons. The molecule has 4 aromatic rings. The number of methoxy groups -OCH3 is 1. The Hall–Kier alpha value is -3.78. The summed E-state index contributed by atoms with van der Waals surface area (Å²) in [6.45, 7) is 3.26. The van der Waals surface area contributed by atoms with E-state index in [9.17, 15) is 14.0 Å². The van der Waals surface area contributed by atoms with Crippen LogP contribution in [0.5, 0.6) is 5.75 Å². The maximum atomic E-state index is 14.6. The topological polar surface area (TPSA) is 76.7 Å². The van der Waals surface area contributed by atoms with Crippen molar-refractivity contribution < 1.29 is 23.1 Å². The molecule has 0 aliphatic carbocycles. The van der Waals surface area contributed by atoms with Gasteiger partial charge in [0.05, 0.1) is 19.2 Å². The lowest BCUT2D eigenvalue weighted by Gasteiger charge is -2.31. The summed E-state index contributed by atoms with van der Waals surface area (Å²) in [5, 5.41) is 3.30. The van der Waals surface area contributed by atoms with Gasteiger partial charge < -0.3 is 23.9 Å². The van der Waals surface area contributed by atoms with Gasteiger partial charge in [-0.25, -0.2) is 4.39 Å². The molecule has 7 nitrogen and oxygen atoms in total. The molecule has 1 aliphatic heterocycles. The van der Waals surface area contributed by atoms with Crippen LogP contribution >= 0.6 is 11.6 Å². The van der Waals surface area contributed by atoms with Gasteiger partial charge in [-0.3, -0.25) is 9.59 Å². The number of benzene rings is 2. The molecular weight excluding hydrogens is 509 g/mol. The van der Waals surface area contributed by atoms with Crippen molar-refractivity contribution in [2.75, 3.05) is 20.2 Å². The number of fused-ring (bicyclic) bond motifs is 1. The van der Waals surface area contributed by atoms with E-state index in [-0.39, 0.29) is 24.3 Å². The Morgan fingerprint density at radius 1 is 1.13 bits per heavy atom. The SMILES string of the molecule is COc1ccc(CNC(=O)C2CCN(C(=O)c3cc4oc(C)cc4n3Cc3c(F)cccc3Cl)CC2)cc1. The largest absolute Gasteiger partial charge is 0.497 e. The van der Waals surface area contributed by atoms with Gasteiger partial charge in [-0.15, -0.1) is 0 Å². The van der Waals surface area contributed by atoms with Crippen molar-refractivity contribution >= 4 is 34.5 Å². The van der Waals surface area contributed by atoms with E-state index in [2.05, 4.69) is 5.32 Å². The van der Waals surface area contributed by atoms with Crippen LogP contribution in [0.15, 0.2) is 59.0 Å². The van der Waals surface area contributed by atoms with Crippen molar-refractivity contribution in [3.8, 4) is 5.75 Å². The number of carbonyl (C=O) groups is 2. The highest BCUT2D eigenvalue weighted by atomic mass is 35.5. The first-order valence-corrected chi connectivity index (χ1v) is 12.9. The standard InChI is InChI=1S/C29H29ClFN3O4/c1-18-14-25-27(38-18)15-26(34(25)17-22-23(30)4-3-5-24(22)31)29(36)33-12-10-20(11-13-33)28(35)32-16-19-6-8-21(37-2)9-7-19/h3-9,14-15,20H,10-13,16-17H2,1-2H3,(H,32,35). The van der Waals surface area contributed by atoms with E-state index in [0.717, 1.165) is 11.3 Å². The first-order chi connectivity index (χ1) is 18.3. The predicted molar refractivity (Wildman–Crippen MR) is 143 cm³/mol. The van der Waals surface area contributed by atoms with E-state index in [4.69, 9.17) is 20.8 Å². The number of likely N-dealkylation sites (tertiary alicyclic amines) is 1. The number of aromatic nitrogens is 1. The molecule has 0 unspecified atom stereocenters. The number of hydrogen-bond donors (Lipinski definition) is 1. The van der Waals surface area contributed by atoms with Gasteiger partial charge in [-0.05, 0) is 49.6 Å². The smallest absolute Gasteiger partial charge is 0.270 e. The molecule has 0 atom stereocenters. The molecule has 0 spiro atoms. The van der Waals surface area contributed by atoms with Crippen LogP contribution in [-0.2, 0) is 17.9 Å². The average molecular weight is 538 g/mol. The van der Waals surface area contributed by atoms with Gasteiger partial charge in [0, 0.05) is 48.3 Å². The number of ether oxygens (including phenoxy) is 1. The first kappa shape index (κ1) is 25.9. The summed E-state index contributed by atoms with van der Waals surface area (Å²) in [5.74, 6) is 0.670. The molecule has 3 heterocycles. The fourth-order valence-corrected chi connectivity index (χ4v) is 5.16. The number of nitrogens with zero attached hydrogens (tertiary/aromatic N) is 2. The average Bonchev–Trinajstić information content (AvgIpc) is 3.45. The molecule has 2 amide bonds. The minimum absolute atomic E-state index is 0.0153. The number of furan rings is 1. The number of aryl methyl sites for hydroxylation is 1. The molecule has 1 saturated heterocycles. The van der Waals surface area contributed by atoms with Crippen molar-refractivity contribution in [3.63, 3.8) is 0 Å². The minimum atomic E-state index is -0.431. The molecule has 2 aromatic carbocycles. The van der Waals surface area contributed by atoms with E-state index >= 15 is 0 Å². The van der Waals surface area contributed by atoms with Gasteiger partial charge in [0.25, 0.3) is 5.91 Å². The molecule has 5 rings (SSSR count). The van der Waals surface area contributed by atoms with Crippen molar-refractivity contribution in [2.45, 2.75) is 32.9 Å². The van der Waals surface area contributed by atoms with Gasteiger partial charge in [-0.2, -0.15) is 0 Å². The summed E-state index contributed by atoms with van der Waals surface area (Å²) in [6, 6.07) is 15.6. The van der Waals surface area contributed by atoms with E-state index in [1.54, 1.807) is 34.8 Å². The summed E-state index contributed by atoms with van der Waals surface area (Å²) in [7, 11) is 1.61. The number of carbonyl (C=O) groups excluding carboxylic acids is 2. The summed E-state index contributed by atoms with van der Waals surface area (Å²) in [4.78, 5) is 28.1. The van der Waals surface area contributed by atoms with Crippen molar-refractivity contribution in [1.82, 2.24) is 14.8 Å². The monoisotopic (exact) mass is 537 g/mol. The van der Waals surface area contributed by atoms with E-state index in [1.807, 2.05) is 37.3 Å². The Kier molecular flexibility index (Phi) is 7.42. The zero-order chi connectivity index (χ0) is 26.8. The number of nitrogens with one attached hydrogen (secondary N) is 1. The third kappa shape index (κ3) is 5.27. The van der Waals surface area contributed by atoms with E-state index in [0.29, 0.717) is 65.6 Å².